The second kappa shape index (κ2) is 13.9. The number of aromatic amines is 1. The minimum Gasteiger partial charge on any atom is -0.343 e. The average molecular weight is 865 g/mol. The molecule has 0 radical (unpaired) electrons. The number of aromatic nitrogens is 3. The molecular formula is C35H128F7N4O6P. The topological polar surface area (TPSA) is 108 Å². The number of nitrogens with one attached hydrogen (secondary N) is 1. The predicted molar refractivity (Wildman–Crippen MR) is 268 cm³/mol. The largest absolute Gasteiger partial charge is 0.459 e. The molecule has 1 aliphatic rings. The Hall–Kier alpha value is -3.08. The van der Waals surface area contributed by atoms with Crippen LogP contribution in [0.4, 0.5) is 30.7 Å². The highest BCUT2D eigenvalue weighted by molar-refractivity contribution is 7.51. The molecule has 0 saturated carbocycles. The Morgan fingerprint density at radius 2 is 1.51 bits per heavy atom. The fourth-order valence-electron chi connectivity index (χ4n) is 6.54. The van der Waals surface area contributed by atoms with Gasteiger partial charge >= 0.3 is 25.8 Å². The van der Waals surface area contributed by atoms with Crippen molar-refractivity contribution in [2.24, 2.45) is 5.41 Å². The van der Waals surface area contributed by atoms with Crippen LogP contribution in [0.5, 0.6) is 0 Å². The van der Waals surface area contributed by atoms with Gasteiger partial charge in [0, 0.05) is 78.3 Å². The van der Waals surface area contributed by atoms with Crippen LogP contribution in [-0.4, -0.2) is 51.1 Å². The molecule has 0 amide bonds. The van der Waals surface area contributed by atoms with Crippen LogP contribution in [0.1, 0.15) is 159 Å². The molecule has 1 fully saturated rings. The molecule has 0 unspecified atom stereocenters. The van der Waals surface area contributed by atoms with Crippen LogP contribution >= 0.6 is 7.75 Å². The first-order valence-electron chi connectivity index (χ1n) is 16.5. The van der Waals surface area contributed by atoms with Crippen LogP contribution in [-0.2, 0) is 47.6 Å². The number of rotatable bonds is 9. The molecule has 378 valence electrons. The first-order chi connectivity index (χ1) is 23.9. The van der Waals surface area contributed by atoms with Gasteiger partial charge in [0.15, 0.2) is 6.29 Å². The third-order valence-electron chi connectivity index (χ3n) is 10.7. The van der Waals surface area contributed by atoms with Crippen LogP contribution < -0.4 is 5.69 Å². The Morgan fingerprint density at radius 1 is 0.943 bits per heavy atom. The van der Waals surface area contributed by atoms with Gasteiger partial charge in [-0.2, -0.15) is 26.3 Å². The van der Waals surface area contributed by atoms with Crippen molar-refractivity contribution in [3.8, 4) is 0 Å². The third kappa shape index (κ3) is 7.75. The van der Waals surface area contributed by atoms with Crippen molar-refractivity contribution < 1.29 is 112 Å². The summed E-state index contributed by atoms with van der Waals surface area (Å²) in [7, 11) is -2.04. The van der Waals surface area contributed by atoms with Crippen molar-refractivity contribution in [2.45, 2.75) is 117 Å². The molecular weight excluding hydrogens is 736 g/mol. The quantitative estimate of drug-likeness (QED) is 0.167. The molecule has 1 N–H and O–H groups in total. The predicted octanol–water partition coefficient (Wildman–Crippen LogP) is 19.1. The second-order valence-electron chi connectivity index (χ2n) is 15.3. The molecule has 0 spiro atoms. The molecule has 0 bridgehead atoms. The molecule has 3 aromatic rings. The first-order valence-corrected chi connectivity index (χ1v) is 18.0. The van der Waals surface area contributed by atoms with Crippen molar-refractivity contribution in [3.05, 3.63) is 85.8 Å². The van der Waals surface area contributed by atoms with Gasteiger partial charge in [-0.15, -0.1) is 9.55 Å². The highest BCUT2D eigenvalue weighted by Crippen LogP contribution is 2.54. The van der Waals surface area contributed by atoms with Crippen LogP contribution in [0.25, 0.3) is 0 Å². The SMILES string of the molecule is COP(=O)(OC)n1nc(CN2[C@@H](c3ccc(F)cc3C)[C@@H](O[C@@](C)(c3cc(C(F)(F)F)cc(C(F)(F)F)c3C)C(C)(C)C)OC(C)(C)C2(C)C)[nH]c1=O.[HH].[HH].[HH].[HH].[HH].[HH].[HH].[HH].[HH].[HH].[HH].[HH].[HH].[HH].[HH].[HH].[HH].[HH].[HH].[HH].[HH].[HH].[HH].[HH].[HH].[HH].[HH].[HH].[HH].[HH].[HH].[HH].[HH].[HH].[HH].[HH].[HH].[HH].[HH].[HH].[HH]. The van der Waals surface area contributed by atoms with Crippen molar-refractivity contribution in [1.82, 2.24) is 19.4 Å². The van der Waals surface area contributed by atoms with E-state index in [4.69, 9.17) is 18.5 Å². The number of benzene rings is 2. The van der Waals surface area contributed by atoms with E-state index in [2.05, 4.69) is 10.1 Å². The monoisotopic (exact) mass is 865 g/mol. The van der Waals surface area contributed by atoms with E-state index in [-0.39, 0.29) is 82.5 Å². The Morgan fingerprint density at radius 3 is 2.00 bits per heavy atom. The van der Waals surface area contributed by atoms with E-state index in [0.717, 1.165) is 21.1 Å². The Balaban J connectivity index is -0.0000000212. The molecule has 1 aliphatic heterocycles. The summed E-state index contributed by atoms with van der Waals surface area (Å²) in [6, 6.07) is 3.64. The number of morpholine rings is 1. The third-order valence-corrected chi connectivity index (χ3v) is 12.4. The summed E-state index contributed by atoms with van der Waals surface area (Å²) in [5.74, 6) is -0.580. The smallest absolute Gasteiger partial charge is 0.343 e. The van der Waals surface area contributed by atoms with Gasteiger partial charge in [0.05, 0.1) is 34.9 Å². The highest BCUT2D eigenvalue weighted by Gasteiger charge is 2.58. The lowest BCUT2D eigenvalue weighted by atomic mass is 9.70. The van der Waals surface area contributed by atoms with Gasteiger partial charge < -0.3 is 9.47 Å². The maximum absolute atomic E-state index is 14.6. The van der Waals surface area contributed by atoms with Gasteiger partial charge in [-0.1, -0.05) is 26.8 Å². The van der Waals surface area contributed by atoms with Crippen molar-refractivity contribution in [1.29, 1.82) is 0 Å². The Kier molecular flexibility index (Phi) is 11.2. The Bertz CT molecular complexity index is 2030. The fourth-order valence-corrected chi connectivity index (χ4v) is 7.49. The van der Waals surface area contributed by atoms with Crippen LogP contribution in [0.15, 0.2) is 35.1 Å². The standard InChI is InChI=1S/C35H46F7N4O6P.41H2/c1-19-15-22(36)13-14-23(19)27-28(51-32(8,9)31(6,7)45(27)18-26-43-29(47)46(44-26)53(48,49-11)50-12)52-33(10,30(3,4)5)24-16-21(34(37,38)39)17-25(20(24)2)35(40,41)42;;;;;;;;;;;;;;;;;;;;;;;;;;;;;;;;;;;;;;;;;/h13-17,27-28H,18H2,1-12H3,(H,43,44,47);41*1H/t27-,28+,33-;;;;;;;;;;;;;;;;;;;;;;;;;;;;;;;;;;;;;;;;;/m0........................................./s1. The lowest BCUT2D eigenvalue weighted by molar-refractivity contribution is -0.347. The van der Waals surface area contributed by atoms with E-state index in [1.807, 2.05) is 18.7 Å². The Labute approximate surface area is 364 Å². The maximum Gasteiger partial charge on any atom is 0.459 e. The van der Waals surface area contributed by atoms with Crippen molar-refractivity contribution in [3.63, 3.8) is 0 Å². The molecule has 1 aromatic heterocycles. The van der Waals surface area contributed by atoms with E-state index in [1.54, 1.807) is 41.5 Å². The summed E-state index contributed by atoms with van der Waals surface area (Å²) >= 11 is 0. The summed E-state index contributed by atoms with van der Waals surface area (Å²) in [6.07, 6.45) is -11.7. The van der Waals surface area contributed by atoms with Crippen LogP contribution in [0.3, 0.4) is 0 Å². The molecule has 1 saturated heterocycles. The molecule has 2 aromatic carbocycles. The van der Waals surface area contributed by atoms with Gasteiger partial charge in [0.25, 0.3) is 0 Å². The summed E-state index contributed by atoms with van der Waals surface area (Å²) < 4.78 is 137. The van der Waals surface area contributed by atoms with Crippen molar-refractivity contribution in [2.75, 3.05) is 14.2 Å². The van der Waals surface area contributed by atoms with Crippen molar-refractivity contribution >= 4 is 7.75 Å². The first kappa shape index (κ1) is 42.7. The van der Waals surface area contributed by atoms with E-state index in [9.17, 15) is 40.1 Å². The molecule has 4 rings (SSSR count). The summed E-state index contributed by atoms with van der Waals surface area (Å²) in [4.78, 5) is 17.3. The average Bonchev–Trinajstić information content (AvgIpc) is 3.38. The zero-order valence-corrected chi connectivity index (χ0v) is 32.5. The van der Waals surface area contributed by atoms with Crippen LogP contribution in [0, 0.1) is 25.1 Å². The molecule has 0 aliphatic carbocycles. The van der Waals surface area contributed by atoms with Gasteiger partial charge in [-0.25, -0.2) is 13.8 Å². The van der Waals surface area contributed by atoms with E-state index < -0.39 is 82.8 Å². The molecule has 18 heteroatoms. The number of hydrogen-bond acceptors (Lipinski definition) is 8. The molecule has 3 atom stereocenters. The number of alkyl halides is 6. The van der Waals surface area contributed by atoms with Gasteiger partial charge in [0.1, 0.15) is 11.6 Å². The van der Waals surface area contributed by atoms with E-state index >= 15 is 0 Å². The zero-order chi connectivity index (χ0) is 40.5. The van der Waals surface area contributed by atoms with Crippen LogP contribution in [0.2, 0.25) is 0 Å². The minimum absolute atomic E-state index is 0. The zero-order valence-electron chi connectivity index (χ0n) is 31.6. The van der Waals surface area contributed by atoms with Gasteiger partial charge in [-0.3, -0.25) is 18.9 Å². The minimum atomic E-state index is -5.13. The molecule has 53 heavy (non-hydrogen) atoms. The van der Waals surface area contributed by atoms with Gasteiger partial charge in [-0.05, 0) is 100 Å². The maximum atomic E-state index is 14.6. The normalized spacial score (nSPS) is 21.1. The lowest BCUT2D eigenvalue weighted by Gasteiger charge is -2.60. The number of nitrogens with zero attached hydrogens (tertiary/aromatic N) is 3. The number of halogens is 7. The van der Waals surface area contributed by atoms with Gasteiger partial charge in [0.2, 0.25) is 0 Å². The number of aryl methyl sites for hydroxylation is 1. The van der Waals surface area contributed by atoms with E-state index in [0.29, 0.717) is 21.6 Å². The molecule has 2 heterocycles. The summed E-state index contributed by atoms with van der Waals surface area (Å²) in [5, 5.41) is 4.20. The number of H-pyrrole nitrogens is 1. The number of hydrogen-bond donors (Lipinski definition) is 1. The fraction of sp³-hybridized carbons (Fsp3) is 0.600. The number of ether oxygens (including phenoxy) is 2. The second-order valence-corrected chi connectivity index (χ2v) is 17.4. The summed E-state index contributed by atoms with van der Waals surface area (Å²) in [6.45, 7) is 15.9. The highest BCUT2D eigenvalue weighted by atomic mass is 31.2. The van der Waals surface area contributed by atoms with E-state index in [1.165, 1.54) is 25.1 Å². The lowest BCUT2D eigenvalue weighted by Crippen LogP contribution is -2.68. The molecule has 10 nitrogen and oxygen atoms in total. The summed E-state index contributed by atoms with van der Waals surface area (Å²) in [5.41, 5.74) is -9.14.